The molecule has 4 nitrogen and oxygen atoms in total. The third-order valence-electron chi connectivity index (χ3n) is 2.68. The zero-order valence-corrected chi connectivity index (χ0v) is 10.3. The number of rotatable bonds is 3. The Morgan fingerprint density at radius 3 is 3.06 bits per heavy atom. The number of fused-ring (bicyclic) bond motifs is 1. The van der Waals surface area contributed by atoms with E-state index in [0.29, 0.717) is 17.4 Å². The Hall–Kier alpha value is -1.94. The largest absolute Gasteiger partial charge is 0.454 e. The molecule has 1 aliphatic rings. The van der Waals surface area contributed by atoms with Crippen LogP contribution >= 0.6 is 11.6 Å². The SMILES string of the molecule is Clc1cccnc1NCc1cccc2c1OCO2. The number of benzene rings is 1. The van der Waals surface area contributed by atoms with Crippen molar-refractivity contribution in [2.75, 3.05) is 12.1 Å². The van der Waals surface area contributed by atoms with Gasteiger partial charge in [-0.1, -0.05) is 23.7 Å². The Kier molecular flexibility index (Phi) is 2.94. The molecule has 0 aliphatic carbocycles. The standard InChI is InChI=1S/C13H11ClN2O2/c14-10-4-2-6-15-13(10)16-7-9-3-1-5-11-12(9)18-8-17-11/h1-6H,7-8H2,(H,15,16). The van der Waals surface area contributed by atoms with Crippen molar-refractivity contribution in [3.05, 3.63) is 47.1 Å². The highest BCUT2D eigenvalue weighted by molar-refractivity contribution is 6.32. The maximum absolute atomic E-state index is 6.03. The van der Waals surface area contributed by atoms with Crippen molar-refractivity contribution in [1.29, 1.82) is 0 Å². The van der Waals surface area contributed by atoms with Crippen molar-refractivity contribution in [2.45, 2.75) is 6.54 Å². The maximum Gasteiger partial charge on any atom is 0.231 e. The molecular formula is C13H11ClN2O2. The monoisotopic (exact) mass is 262 g/mol. The summed E-state index contributed by atoms with van der Waals surface area (Å²) < 4.78 is 10.8. The van der Waals surface area contributed by atoms with Crippen LogP contribution in [0, 0.1) is 0 Å². The average molecular weight is 263 g/mol. The third-order valence-corrected chi connectivity index (χ3v) is 2.99. The lowest BCUT2D eigenvalue weighted by Crippen LogP contribution is -2.03. The predicted octanol–water partition coefficient (Wildman–Crippen LogP) is 3.08. The number of nitrogens with zero attached hydrogens (tertiary/aromatic N) is 1. The van der Waals surface area contributed by atoms with E-state index in [4.69, 9.17) is 21.1 Å². The molecule has 18 heavy (non-hydrogen) atoms. The van der Waals surface area contributed by atoms with Gasteiger partial charge < -0.3 is 14.8 Å². The second-order valence-corrected chi connectivity index (χ2v) is 4.25. The van der Waals surface area contributed by atoms with E-state index >= 15 is 0 Å². The summed E-state index contributed by atoms with van der Waals surface area (Å²) in [5.41, 5.74) is 1.02. The van der Waals surface area contributed by atoms with Crippen LogP contribution in [0.1, 0.15) is 5.56 Å². The lowest BCUT2D eigenvalue weighted by molar-refractivity contribution is 0.173. The fourth-order valence-corrected chi connectivity index (χ4v) is 2.01. The second kappa shape index (κ2) is 4.74. The van der Waals surface area contributed by atoms with E-state index < -0.39 is 0 Å². The number of aromatic nitrogens is 1. The van der Waals surface area contributed by atoms with Crippen molar-refractivity contribution >= 4 is 17.4 Å². The summed E-state index contributed by atoms with van der Waals surface area (Å²) >= 11 is 6.03. The Bertz CT molecular complexity index is 575. The van der Waals surface area contributed by atoms with Crippen LogP contribution < -0.4 is 14.8 Å². The summed E-state index contributed by atoms with van der Waals surface area (Å²) in [6.07, 6.45) is 1.70. The van der Waals surface area contributed by atoms with Crippen LogP contribution in [0.15, 0.2) is 36.5 Å². The first-order chi connectivity index (χ1) is 8.84. The molecule has 0 amide bonds. The second-order valence-electron chi connectivity index (χ2n) is 3.84. The molecule has 0 spiro atoms. The van der Waals surface area contributed by atoms with Crippen LogP contribution in [0.3, 0.4) is 0 Å². The minimum Gasteiger partial charge on any atom is -0.454 e. The van der Waals surface area contributed by atoms with Crippen LogP contribution in [0.4, 0.5) is 5.82 Å². The number of ether oxygens (including phenoxy) is 2. The van der Waals surface area contributed by atoms with Crippen molar-refractivity contribution in [3.63, 3.8) is 0 Å². The lowest BCUT2D eigenvalue weighted by Gasteiger charge is -2.09. The molecule has 0 fully saturated rings. The molecule has 92 valence electrons. The Morgan fingerprint density at radius 2 is 2.17 bits per heavy atom. The van der Waals surface area contributed by atoms with E-state index in [1.807, 2.05) is 18.2 Å². The van der Waals surface area contributed by atoms with Gasteiger partial charge in [0.25, 0.3) is 0 Å². The topological polar surface area (TPSA) is 43.4 Å². The number of nitrogens with one attached hydrogen (secondary N) is 1. The molecule has 0 saturated heterocycles. The predicted molar refractivity (Wildman–Crippen MR) is 69.1 cm³/mol. The Labute approximate surface area is 110 Å². The molecule has 1 N–H and O–H groups in total. The summed E-state index contributed by atoms with van der Waals surface area (Å²) in [5, 5.41) is 3.78. The molecule has 5 heteroatoms. The van der Waals surface area contributed by atoms with Crippen LogP contribution in [0.2, 0.25) is 5.02 Å². The minimum atomic E-state index is 0.274. The number of anilines is 1. The molecule has 3 rings (SSSR count). The summed E-state index contributed by atoms with van der Waals surface area (Å²) in [5.74, 6) is 2.23. The van der Waals surface area contributed by atoms with Crippen molar-refractivity contribution < 1.29 is 9.47 Å². The van der Waals surface area contributed by atoms with Gasteiger partial charge in [-0.05, 0) is 18.2 Å². The maximum atomic E-state index is 6.03. The quantitative estimate of drug-likeness (QED) is 0.923. The first-order valence-electron chi connectivity index (χ1n) is 5.56. The molecule has 1 aromatic carbocycles. The normalized spacial score (nSPS) is 12.5. The third kappa shape index (κ3) is 2.07. The van der Waals surface area contributed by atoms with Gasteiger partial charge in [-0.2, -0.15) is 0 Å². The Balaban J connectivity index is 1.78. The van der Waals surface area contributed by atoms with E-state index in [1.54, 1.807) is 18.3 Å². The minimum absolute atomic E-state index is 0.274. The van der Waals surface area contributed by atoms with Gasteiger partial charge in [-0.25, -0.2) is 4.98 Å². The van der Waals surface area contributed by atoms with E-state index in [9.17, 15) is 0 Å². The number of hydrogen-bond acceptors (Lipinski definition) is 4. The molecule has 0 unspecified atom stereocenters. The van der Waals surface area contributed by atoms with Gasteiger partial charge in [-0.15, -0.1) is 0 Å². The molecule has 2 heterocycles. The first-order valence-corrected chi connectivity index (χ1v) is 5.94. The van der Waals surface area contributed by atoms with E-state index in [1.165, 1.54) is 0 Å². The van der Waals surface area contributed by atoms with Gasteiger partial charge in [0.15, 0.2) is 11.5 Å². The number of halogens is 1. The van der Waals surface area contributed by atoms with Crippen molar-refractivity contribution in [1.82, 2.24) is 4.98 Å². The number of para-hydroxylation sites is 1. The van der Waals surface area contributed by atoms with Gasteiger partial charge in [0.2, 0.25) is 6.79 Å². The molecule has 0 radical (unpaired) electrons. The van der Waals surface area contributed by atoms with Gasteiger partial charge >= 0.3 is 0 Å². The summed E-state index contributed by atoms with van der Waals surface area (Å²) in [6, 6.07) is 9.40. The fourth-order valence-electron chi connectivity index (χ4n) is 1.82. The highest BCUT2D eigenvalue weighted by atomic mass is 35.5. The average Bonchev–Trinajstić information content (AvgIpc) is 2.86. The van der Waals surface area contributed by atoms with Gasteiger partial charge in [0.05, 0.1) is 5.02 Å². The zero-order valence-electron chi connectivity index (χ0n) is 9.52. The highest BCUT2D eigenvalue weighted by Gasteiger charge is 2.16. The summed E-state index contributed by atoms with van der Waals surface area (Å²) in [7, 11) is 0. The van der Waals surface area contributed by atoms with Gasteiger partial charge in [0.1, 0.15) is 5.82 Å². The highest BCUT2D eigenvalue weighted by Crippen LogP contribution is 2.35. The molecule has 1 aromatic heterocycles. The Morgan fingerprint density at radius 1 is 1.22 bits per heavy atom. The molecule has 1 aliphatic heterocycles. The van der Waals surface area contributed by atoms with Crippen LogP contribution in [0.25, 0.3) is 0 Å². The zero-order chi connectivity index (χ0) is 12.4. The van der Waals surface area contributed by atoms with E-state index in [-0.39, 0.29) is 6.79 Å². The van der Waals surface area contributed by atoms with E-state index in [0.717, 1.165) is 17.1 Å². The number of hydrogen-bond donors (Lipinski definition) is 1. The molecule has 2 aromatic rings. The van der Waals surface area contributed by atoms with Crippen molar-refractivity contribution in [3.8, 4) is 11.5 Å². The van der Waals surface area contributed by atoms with E-state index in [2.05, 4.69) is 10.3 Å². The first kappa shape index (κ1) is 11.2. The number of pyridine rings is 1. The van der Waals surface area contributed by atoms with Crippen LogP contribution in [-0.4, -0.2) is 11.8 Å². The molecular weight excluding hydrogens is 252 g/mol. The smallest absolute Gasteiger partial charge is 0.231 e. The van der Waals surface area contributed by atoms with Crippen LogP contribution in [-0.2, 0) is 6.54 Å². The summed E-state index contributed by atoms with van der Waals surface area (Å²) in [4.78, 5) is 4.17. The molecule has 0 atom stereocenters. The summed E-state index contributed by atoms with van der Waals surface area (Å²) in [6.45, 7) is 0.861. The molecule has 0 bridgehead atoms. The van der Waals surface area contributed by atoms with Gasteiger partial charge in [-0.3, -0.25) is 0 Å². The van der Waals surface area contributed by atoms with Gasteiger partial charge in [0, 0.05) is 18.3 Å². The van der Waals surface area contributed by atoms with Crippen molar-refractivity contribution in [2.24, 2.45) is 0 Å². The molecule has 0 saturated carbocycles. The van der Waals surface area contributed by atoms with Crippen LogP contribution in [0.5, 0.6) is 11.5 Å². The lowest BCUT2D eigenvalue weighted by atomic mass is 10.2. The fraction of sp³-hybridized carbons (Fsp3) is 0.154.